The van der Waals surface area contributed by atoms with Crippen LogP contribution in [-0.2, 0) is 59.1 Å². The van der Waals surface area contributed by atoms with Crippen LogP contribution in [0.3, 0.4) is 0 Å². The van der Waals surface area contributed by atoms with E-state index in [4.69, 9.17) is 9.47 Å². The average Bonchev–Trinajstić information content (AvgIpc) is 3.65. The Morgan fingerprint density at radius 1 is 0.667 bits per heavy atom. The van der Waals surface area contributed by atoms with Crippen molar-refractivity contribution in [3.63, 3.8) is 0 Å². The summed E-state index contributed by atoms with van der Waals surface area (Å²) in [6, 6.07) is -2.54. The fraction of sp³-hybridized carbons (Fsp3) is 0.742. The number of carbonyl (C=O) groups is 10. The quantitative estimate of drug-likeness (QED) is 0.175. The SMILES string of the molecule is CC[C@H](C)[C@H]1C(=O)N[C@@H](C)C(=O)N(C)[C@@H](CC(C)C)C(=O)N[C@@H](Cc2ccc(OC)cc2)C(=O)N(C)CCCC[C@H](N(C)C(=O)[C@H](CC(C)C)N(C)C(=O)[C@H](C)N(C)C(=O)[C@H](OC(=O)[C@H](C(C)C)N(C)C)C(C)C)C(=O)N(C)[C@@H](C)C(=O)N1C. The van der Waals surface area contributed by atoms with Gasteiger partial charge in [0.05, 0.1) is 7.11 Å². The van der Waals surface area contributed by atoms with E-state index in [1.165, 1.54) is 97.4 Å². The number of nitrogens with one attached hydrogen (secondary N) is 2. The standard InChI is InChI=1S/C62H106N10O12/c1-24-40(10)51-54(74)63-41(11)55(75)70(20)48(33-36(2)3)53(73)64-46(35-44-28-30-45(83-23)31-29-44)58(78)66(16)32-26-25-27-47(59(79)67(17)43(13)57(77)72(51)22)69(19)60(80)49(34-37(4)5)71(21)56(76)42(12)68(18)61(81)52(39(8)9)84-62(82)50(38(6)7)65(14)15/h28-31,36-43,46-52H,24-27,32-35H2,1-23H3,(H,63,74)(H,64,73)/t40-,41-,42-,43-,46-,47-,48-,49-,50-,51-,52+/m0/s1. The number of hydrogen-bond donors (Lipinski definition) is 2. The van der Waals surface area contributed by atoms with Crippen molar-refractivity contribution in [3.8, 4) is 5.75 Å². The van der Waals surface area contributed by atoms with Gasteiger partial charge in [-0.05, 0) is 114 Å². The average molecular weight is 1180 g/mol. The molecule has 0 unspecified atom stereocenters. The highest BCUT2D eigenvalue weighted by molar-refractivity contribution is 5.98. The molecule has 0 saturated carbocycles. The van der Waals surface area contributed by atoms with Crippen molar-refractivity contribution in [2.45, 2.75) is 195 Å². The van der Waals surface area contributed by atoms with Crippen molar-refractivity contribution >= 4 is 59.1 Å². The minimum absolute atomic E-state index is 0.0593. The molecule has 1 fully saturated rings. The number of hydrogen-bond acceptors (Lipinski definition) is 13. The summed E-state index contributed by atoms with van der Waals surface area (Å²) in [6.07, 6.45) is 0.429. The number of amides is 9. The maximum Gasteiger partial charge on any atom is 0.324 e. The summed E-state index contributed by atoms with van der Waals surface area (Å²) in [5.41, 5.74) is 0.730. The third kappa shape index (κ3) is 19.6. The molecule has 0 aliphatic carbocycles. The second-order valence-corrected chi connectivity index (χ2v) is 25.0. The number of esters is 1. The molecular formula is C62H106N10O12. The molecule has 0 spiro atoms. The molecule has 2 rings (SSSR count). The van der Waals surface area contributed by atoms with Crippen molar-refractivity contribution in [2.24, 2.45) is 29.6 Å². The summed E-state index contributed by atoms with van der Waals surface area (Å²) in [5, 5.41) is 5.77. The highest BCUT2D eigenvalue weighted by atomic mass is 16.6. The predicted molar refractivity (Wildman–Crippen MR) is 324 cm³/mol. The number of benzene rings is 1. The van der Waals surface area contributed by atoms with E-state index in [0.29, 0.717) is 18.6 Å². The minimum Gasteiger partial charge on any atom is -0.497 e. The number of nitrogens with zero attached hydrogens (tertiary/aromatic N) is 8. The molecule has 1 aliphatic heterocycles. The third-order valence-corrected chi connectivity index (χ3v) is 16.6. The Kier molecular flexibility index (Phi) is 29.3. The van der Waals surface area contributed by atoms with Gasteiger partial charge in [-0.15, -0.1) is 0 Å². The highest BCUT2D eigenvalue weighted by Gasteiger charge is 2.43. The molecule has 22 heteroatoms. The minimum atomic E-state index is -1.21. The van der Waals surface area contributed by atoms with Crippen LogP contribution in [0.1, 0.15) is 134 Å². The van der Waals surface area contributed by atoms with Crippen molar-refractivity contribution in [3.05, 3.63) is 29.8 Å². The van der Waals surface area contributed by atoms with Crippen molar-refractivity contribution in [1.82, 2.24) is 49.8 Å². The summed E-state index contributed by atoms with van der Waals surface area (Å²) in [7, 11) is 15.5. The summed E-state index contributed by atoms with van der Waals surface area (Å²) in [6.45, 7) is 23.3. The molecule has 22 nitrogen and oxygen atoms in total. The Morgan fingerprint density at radius 3 is 1.75 bits per heavy atom. The van der Waals surface area contributed by atoms with Crippen LogP contribution in [0.5, 0.6) is 5.75 Å². The molecule has 0 aromatic heterocycles. The van der Waals surface area contributed by atoms with Crippen molar-refractivity contribution < 1.29 is 57.4 Å². The summed E-state index contributed by atoms with van der Waals surface area (Å²) in [5.74, 6) is -6.28. The first-order chi connectivity index (χ1) is 39.0. The fourth-order valence-electron chi connectivity index (χ4n) is 10.8. The third-order valence-electron chi connectivity index (χ3n) is 16.6. The van der Waals surface area contributed by atoms with Gasteiger partial charge in [0.2, 0.25) is 47.3 Å². The fourth-order valence-corrected chi connectivity index (χ4v) is 10.8. The molecule has 0 radical (unpaired) electrons. The van der Waals surface area contributed by atoms with Crippen LogP contribution in [0.15, 0.2) is 24.3 Å². The van der Waals surface area contributed by atoms with E-state index in [9.17, 15) is 38.4 Å². The largest absolute Gasteiger partial charge is 0.497 e. The van der Waals surface area contributed by atoms with E-state index in [0.717, 1.165) is 5.56 Å². The van der Waals surface area contributed by atoms with Crippen molar-refractivity contribution in [2.75, 3.05) is 77.1 Å². The lowest BCUT2D eigenvalue weighted by molar-refractivity contribution is -0.169. The van der Waals surface area contributed by atoms with E-state index < -0.39 is 131 Å². The number of ether oxygens (including phenoxy) is 2. The lowest BCUT2D eigenvalue weighted by Crippen LogP contribution is -2.61. The maximum atomic E-state index is 15.2. The normalized spacial score (nSPS) is 22.5. The Bertz CT molecular complexity index is 2390. The van der Waals surface area contributed by atoms with E-state index >= 15 is 9.59 Å². The van der Waals surface area contributed by atoms with Gasteiger partial charge in [-0.2, -0.15) is 0 Å². The van der Waals surface area contributed by atoms with E-state index in [-0.39, 0.29) is 56.4 Å². The molecule has 11 atom stereocenters. The number of rotatable bonds is 20. The molecule has 9 amide bonds. The predicted octanol–water partition coefficient (Wildman–Crippen LogP) is 4.16. The highest BCUT2D eigenvalue weighted by Crippen LogP contribution is 2.25. The molecule has 1 aliphatic rings. The molecule has 2 N–H and O–H groups in total. The summed E-state index contributed by atoms with van der Waals surface area (Å²) >= 11 is 0. The molecular weight excluding hydrogens is 1080 g/mol. The van der Waals surface area contributed by atoms with Gasteiger partial charge in [0.15, 0.2) is 6.10 Å². The topological polar surface area (TPSA) is 239 Å². The Hall–Kier alpha value is -6.32. The molecule has 84 heavy (non-hydrogen) atoms. The first kappa shape index (κ1) is 73.8. The smallest absolute Gasteiger partial charge is 0.324 e. The molecule has 0 bridgehead atoms. The Balaban J connectivity index is 2.77. The van der Waals surface area contributed by atoms with E-state index in [1.807, 2.05) is 48.5 Å². The van der Waals surface area contributed by atoms with Gasteiger partial charge >= 0.3 is 5.97 Å². The van der Waals surface area contributed by atoms with E-state index in [1.54, 1.807) is 78.2 Å². The maximum absolute atomic E-state index is 15.2. The number of methoxy groups -OCH3 is 1. The van der Waals surface area contributed by atoms with Crippen LogP contribution < -0.4 is 15.4 Å². The van der Waals surface area contributed by atoms with Gasteiger partial charge in [-0.1, -0.05) is 87.8 Å². The second kappa shape index (κ2) is 33.4. The summed E-state index contributed by atoms with van der Waals surface area (Å²) in [4.78, 5) is 156. The van der Waals surface area contributed by atoms with Gasteiger partial charge in [0, 0.05) is 62.3 Å². The van der Waals surface area contributed by atoms with Crippen LogP contribution in [-0.4, -0.2) is 236 Å². The monoisotopic (exact) mass is 1180 g/mol. The lowest BCUT2D eigenvalue weighted by atomic mass is 9.95. The Labute approximate surface area is 502 Å². The number of likely N-dealkylation sites (N-methyl/N-ethyl adjacent to an activating group) is 8. The zero-order valence-corrected chi connectivity index (χ0v) is 55.1. The molecule has 1 heterocycles. The lowest BCUT2D eigenvalue weighted by Gasteiger charge is -2.40. The Morgan fingerprint density at radius 2 is 1.25 bits per heavy atom. The van der Waals surface area contributed by atoms with Gasteiger partial charge in [0.1, 0.15) is 60.1 Å². The van der Waals surface area contributed by atoms with Gasteiger partial charge in [-0.25, -0.2) is 0 Å². The zero-order chi connectivity index (χ0) is 64.5. The molecule has 1 aromatic carbocycles. The van der Waals surface area contributed by atoms with Gasteiger partial charge in [0.25, 0.3) is 5.91 Å². The number of carbonyl (C=O) groups excluding carboxylic acids is 10. The molecule has 1 saturated heterocycles. The van der Waals surface area contributed by atoms with Gasteiger partial charge < -0.3 is 54.4 Å². The van der Waals surface area contributed by atoms with Crippen LogP contribution in [0.4, 0.5) is 0 Å². The first-order valence-corrected chi connectivity index (χ1v) is 29.9. The van der Waals surface area contributed by atoms with Gasteiger partial charge in [-0.3, -0.25) is 52.8 Å². The molecule has 476 valence electrons. The first-order valence-electron chi connectivity index (χ1n) is 29.9. The van der Waals surface area contributed by atoms with Crippen LogP contribution >= 0.6 is 0 Å². The zero-order valence-electron chi connectivity index (χ0n) is 55.1. The van der Waals surface area contributed by atoms with Crippen molar-refractivity contribution in [1.29, 1.82) is 0 Å². The second-order valence-electron chi connectivity index (χ2n) is 25.0. The van der Waals surface area contributed by atoms with Crippen LogP contribution in [0.25, 0.3) is 0 Å². The summed E-state index contributed by atoms with van der Waals surface area (Å²) < 4.78 is 11.2. The molecule has 1 aromatic rings. The van der Waals surface area contributed by atoms with Crippen LogP contribution in [0.2, 0.25) is 0 Å². The van der Waals surface area contributed by atoms with E-state index in [2.05, 4.69) is 10.6 Å². The van der Waals surface area contributed by atoms with Crippen LogP contribution in [0, 0.1) is 29.6 Å².